The van der Waals surface area contributed by atoms with Crippen LogP contribution in [0.25, 0.3) is 41.6 Å². The predicted octanol–water partition coefficient (Wildman–Crippen LogP) is 7.83. The van der Waals surface area contributed by atoms with Gasteiger partial charge in [-0.25, -0.2) is 38.3 Å². The monoisotopic (exact) mass is 728 g/mol. The molecule has 46 heavy (non-hydrogen) atoms. The summed E-state index contributed by atoms with van der Waals surface area (Å²) in [6.45, 7) is 5.43. The Hall–Kier alpha value is -4.60. The van der Waals surface area contributed by atoms with Crippen LogP contribution in [-0.2, 0) is 9.47 Å². The smallest absolute Gasteiger partial charge is 0.360 e. The Morgan fingerprint density at radius 1 is 0.717 bits per heavy atom. The van der Waals surface area contributed by atoms with E-state index < -0.39 is 11.9 Å². The molecule has 0 saturated carbocycles. The van der Waals surface area contributed by atoms with Gasteiger partial charge in [-0.15, -0.1) is 22.7 Å². The number of thiazole rings is 2. The summed E-state index contributed by atoms with van der Waals surface area (Å²) in [6.07, 6.45) is 0. The van der Waals surface area contributed by atoms with Crippen molar-refractivity contribution in [2.45, 2.75) is 20.8 Å². The maximum Gasteiger partial charge on any atom is 0.360 e. The number of rotatable bonds is 6. The van der Waals surface area contributed by atoms with Crippen LogP contribution in [-0.4, -0.2) is 55.3 Å². The first-order valence-corrected chi connectivity index (χ1v) is 16.0. The number of esters is 2. The highest BCUT2D eigenvalue weighted by atomic mass is 79.9. The number of fused-ring (bicyclic) bond motifs is 2. The lowest BCUT2D eigenvalue weighted by atomic mass is 10.2. The van der Waals surface area contributed by atoms with E-state index in [1.54, 1.807) is 45.0 Å². The molecule has 0 fully saturated rings. The maximum absolute atomic E-state index is 13.0. The molecule has 0 amide bonds. The summed E-state index contributed by atoms with van der Waals surface area (Å²) in [5, 5.41) is 21.8. The number of aromatic hydroxyl groups is 2. The Balaban J connectivity index is 0.000000181. The number of ether oxygens (including phenoxy) is 2. The van der Waals surface area contributed by atoms with Crippen LogP contribution in [0.3, 0.4) is 0 Å². The van der Waals surface area contributed by atoms with E-state index in [1.807, 2.05) is 0 Å². The van der Waals surface area contributed by atoms with E-state index >= 15 is 0 Å². The largest absolute Gasteiger partial charge is 0.504 e. The first-order chi connectivity index (χ1) is 22.0. The molecule has 0 spiro atoms. The molecular weight excluding hydrogens is 706 g/mol. The Bertz CT molecular complexity index is 1940. The quantitative estimate of drug-likeness (QED) is 0.129. The van der Waals surface area contributed by atoms with Gasteiger partial charge in [0.15, 0.2) is 22.9 Å². The lowest BCUT2D eigenvalue weighted by Gasteiger charge is -2.05. The molecule has 15 heteroatoms. The van der Waals surface area contributed by atoms with E-state index in [2.05, 4.69) is 35.9 Å². The molecule has 0 aliphatic rings. The van der Waals surface area contributed by atoms with Gasteiger partial charge in [0, 0.05) is 11.1 Å². The highest BCUT2D eigenvalue weighted by Crippen LogP contribution is 2.40. The number of benzene rings is 2. The van der Waals surface area contributed by atoms with Crippen LogP contribution in [0.15, 0.2) is 53.1 Å². The van der Waals surface area contributed by atoms with Gasteiger partial charge in [-0.2, -0.15) is 0 Å². The van der Waals surface area contributed by atoms with Gasteiger partial charge in [0.05, 0.1) is 18.9 Å². The molecular formula is C31H23BrF2N4O6S2. The second-order valence-electron chi connectivity index (χ2n) is 9.34. The molecule has 6 aromatic rings. The van der Waals surface area contributed by atoms with Crippen molar-refractivity contribution in [3.05, 3.63) is 81.9 Å². The average molecular weight is 730 g/mol. The first kappa shape index (κ1) is 32.8. The first-order valence-electron chi connectivity index (χ1n) is 13.6. The average Bonchev–Trinajstić information content (AvgIpc) is 3.69. The number of carbonyl (C=O) groups is 2. The van der Waals surface area contributed by atoms with Gasteiger partial charge in [0.1, 0.15) is 46.7 Å². The second-order valence-corrected chi connectivity index (χ2v) is 12.1. The number of carbonyl (C=O) groups excluding carboxylic acids is 2. The van der Waals surface area contributed by atoms with Crippen molar-refractivity contribution >= 4 is 71.0 Å². The summed E-state index contributed by atoms with van der Waals surface area (Å²) in [7, 11) is 0. The van der Waals surface area contributed by atoms with Crippen molar-refractivity contribution in [3.8, 4) is 32.6 Å². The standard InChI is InChI=1S/C16H13FN2O3S.C15H10BrFN2O3S/c1-3-22-16(21)12-13(20)14-11(8(2)18-12)19-15(23-14)9-4-6-10(17)7-5-9;1-2-22-15(21)9-11(20)12-10(13(16)18-9)19-14(23-12)7-3-5-8(17)6-4-7/h4-7,20H,3H2,1-2H3;3-6,20H,2H2,1H3. The van der Waals surface area contributed by atoms with Crippen LogP contribution in [0.4, 0.5) is 8.78 Å². The van der Waals surface area contributed by atoms with Gasteiger partial charge >= 0.3 is 11.9 Å². The van der Waals surface area contributed by atoms with Crippen molar-refractivity contribution in [2.24, 2.45) is 0 Å². The van der Waals surface area contributed by atoms with E-state index in [4.69, 9.17) is 9.47 Å². The van der Waals surface area contributed by atoms with Crippen molar-refractivity contribution < 1.29 is 38.1 Å². The molecule has 4 heterocycles. The van der Waals surface area contributed by atoms with E-state index in [0.29, 0.717) is 46.3 Å². The minimum absolute atomic E-state index is 0.119. The van der Waals surface area contributed by atoms with Crippen molar-refractivity contribution in [2.75, 3.05) is 13.2 Å². The van der Waals surface area contributed by atoms with E-state index in [1.165, 1.54) is 46.9 Å². The number of halogens is 3. The second kappa shape index (κ2) is 13.8. The summed E-state index contributed by atoms with van der Waals surface area (Å²) < 4.78 is 37.0. The summed E-state index contributed by atoms with van der Waals surface area (Å²) in [6, 6.07) is 11.8. The molecule has 0 radical (unpaired) electrons. The van der Waals surface area contributed by atoms with Gasteiger partial charge in [-0.05, 0) is 85.2 Å². The molecule has 4 aromatic heterocycles. The normalized spacial score (nSPS) is 10.9. The van der Waals surface area contributed by atoms with E-state index in [0.717, 1.165) is 5.56 Å². The van der Waals surface area contributed by atoms with E-state index in [9.17, 15) is 28.6 Å². The molecule has 0 aliphatic heterocycles. The zero-order chi connectivity index (χ0) is 33.1. The summed E-state index contributed by atoms with van der Waals surface area (Å²) in [5.74, 6) is -2.57. The van der Waals surface area contributed by atoms with Gasteiger partial charge in [-0.1, -0.05) is 0 Å². The van der Waals surface area contributed by atoms with Gasteiger partial charge in [0.2, 0.25) is 0 Å². The molecule has 6 rings (SSSR count). The van der Waals surface area contributed by atoms with Crippen LogP contribution in [0.1, 0.15) is 40.5 Å². The zero-order valence-corrected chi connectivity index (χ0v) is 27.5. The lowest BCUT2D eigenvalue weighted by Crippen LogP contribution is -2.08. The fourth-order valence-electron chi connectivity index (χ4n) is 4.15. The minimum Gasteiger partial charge on any atom is -0.504 e. The van der Waals surface area contributed by atoms with Gasteiger partial charge in [0.25, 0.3) is 0 Å². The molecule has 0 bridgehead atoms. The number of nitrogens with zero attached hydrogens (tertiary/aromatic N) is 4. The van der Waals surface area contributed by atoms with Crippen LogP contribution in [0.2, 0.25) is 0 Å². The Morgan fingerprint density at radius 3 is 1.59 bits per heavy atom. The highest BCUT2D eigenvalue weighted by Gasteiger charge is 2.24. The van der Waals surface area contributed by atoms with Crippen LogP contribution >= 0.6 is 38.6 Å². The third kappa shape index (κ3) is 6.66. The fraction of sp³-hybridized carbons (Fsp3) is 0.161. The van der Waals surface area contributed by atoms with E-state index in [-0.39, 0.29) is 47.7 Å². The van der Waals surface area contributed by atoms with Crippen molar-refractivity contribution in [1.82, 2.24) is 19.9 Å². The number of hydrogen-bond donors (Lipinski definition) is 2. The third-order valence-corrected chi connectivity index (χ3v) is 9.06. The predicted molar refractivity (Wildman–Crippen MR) is 173 cm³/mol. The van der Waals surface area contributed by atoms with Gasteiger partial charge < -0.3 is 19.7 Å². The molecule has 2 N–H and O–H groups in total. The fourth-order valence-corrected chi connectivity index (χ4v) is 6.83. The van der Waals surface area contributed by atoms with Crippen LogP contribution < -0.4 is 0 Å². The molecule has 10 nitrogen and oxygen atoms in total. The lowest BCUT2D eigenvalue weighted by molar-refractivity contribution is 0.0506. The third-order valence-electron chi connectivity index (χ3n) is 6.28. The highest BCUT2D eigenvalue weighted by molar-refractivity contribution is 9.10. The molecule has 0 atom stereocenters. The topological polar surface area (TPSA) is 145 Å². The number of pyridine rings is 2. The Labute approximate surface area is 276 Å². The van der Waals surface area contributed by atoms with Crippen LogP contribution in [0.5, 0.6) is 11.5 Å². The van der Waals surface area contributed by atoms with Gasteiger partial charge in [-0.3, -0.25) is 0 Å². The van der Waals surface area contributed by atoms with Crippen molar-refractivity contribution in [1.29, 1.82) is 0 Å². The number of hydrogen-bond acceptors (Lipinski definition) is 12. The number of aryl methyl sites for hydroxylation is 1. The molecule has 0 saturated heterocycles. The molecule has 0 unspecified atom stereocenters. The summed E-state index contributed by atoms with van der Waals surface area (Å²) in [4.78, 5) is 40.7. The molecule has 236 valence electrons. The Kier molecular flexibility index (Phi) is 9.84. The molecule has 0 aliphatic carbocycles. The SMILES string of the molecule is CCOC(=O)c1nc(Br)c2nc(-c3ccc(F)cc3)sc2c1O.CCOC(=O)c1nc(C)c2nc(-c3ccc(F)cc3)sc2c1O. The minimum atomic E-state index is -0.704. The summed E-state index contributed by atoms with van der Waals surface area (Å²) >= 11 is 5.65. The molecule has 2 aromatic carbocycles. The maximum atomic E-state index is 13.0. The zero-order valence-electron chi connectivity index (χ0n) is 24.3. The number of aromatic nitrogens is 4. The van der Waals surface area contributed by atoms with Crippen LogP contribution in [0, 0.1) is 18.6 Å². The Morgan fingerprint density at radius 2 is 1.13 bits per heavy atom. The van der Waals surface area contributed by atoms with Crippen molar-refractivity contribution in [3.63, 3.8) is 0 Å². The summed E-state index contributed by atoms with van der Waals surface area (Å²) in [5.41, 5.74) is 2.61.